The van der Waals surface area contributed by atoms with Gasteiger partial charge in [-0.2, -0.15) is 0 Å². The second kappa shape index (κ2) is 6.26. The molecule has 1 aromatic carbocycles. The second-order valence-electron chi connectivity index (χ2n) is 4.94. The molecule has 1 aliphatic heterocycles. The molecule has 1 atom stereocenters. The molecule has 6 nitrogen and oxygen atoms in total. The van der Waals surface area contributed by atoms with Gasteiger partial charge < -0.3 is 10.2 Å². The number of rotatable bonds is 4. The molecule has 2 amide bonds. The lowest BCUT2D eigenvalue weighted by atomic mass is 10.2. The summed E-state index contributed by atoms with van der Waals surface area (Å²) >= 11 is 0. The third kappa shape index (κ3) is 3.60. The van der Waals surface area contributed by atoms with Crippen molar-refractivity contribution >= 4 is 21.7 Å². The number of piperazine rings is 1. The first kappa shape index (κ1) is 15.5. The summed E-state index contributed by atoms with van der Waals surface area (Å²) in [5.74, 6) is -0.766. The van der Waals surface area contributed by atoms with Crippen LogP contribution in [0.4, 0.5) is 0 Å². The van der Waals surface area contributed by atoms with E-state index in [2.05, 4.69) is 5.32 Å². The molecular formula is C14H18N2O4S. The Morgan fingerprint density at radius 3 is 2.67 bits per heavy atom. The van der Waals surface area contributed by atoms with E-state index in [4.69, 9.17) is 0 Å². The predicted molar refractivity (Wildman–Crippen MR) is 77.3 cm³/mol. The largest absolute Gasteiger partial charge is 0.353 e. The summed E-state index contributed by atoms with van der Waals surface area (Å²) in [6.07, 6.45) is -0.116. The highest BCUT2D eigenvalue weighted by Gasteiger charge is 2.29. The summed E-state index contributed by atoms with van der Waals surface area (Å²) < 4.78 is 24.2. The maximum atomic E-state index is 12.1. The van der Waals surface area contributed by atoms with Crippen molar-refractivity contribution in [1.82, 2.24) is 10.2 Å². The van der Waals surface area contributed by atoms with Crippen LogP contribution in [-0.4, -0.2) is 50.0 Å². The van der Waals surface area contributed by atoms with E-state index in [9.17, 15) is 18.0 Å². The van der Waals surface area contributed by atoms with Gasteiger partial charge in [0.05, 0.1) is 10.6 Å². The Balaban J connectivity index is 1.99. The zero-order chi connectivity index (χ0) is 15.5. The normalized spacial score (nSPS) is 19.2. The number of carbonyl (C=O) groups excluding carboxylic acids is 2. The number of sulfone groups is 1. The minimum atomic E-state index is -3.47. The van der Waals surface area contributed by atoms with E-state index in [-0.39, 0.29) is 28.9 Å². The van der Waals surface area contributed by atoms with Crippen molar-refractivity contribution in [2.24, 2.45) is 0 Å². The summed E-state index contributed by atoms with van der Waals surface area (Å²) in [6, 6.07) is 7.49. The molecule has 1 aromatic rings. The average molecular weight is 310 g/mol. The molecule has 7 heteroatoms. The molecule has 1 aliphatic rings. The molecule has 0 aromatic heterocycles. The van der Waals surface area contributed by atoms with Crippen LogP contribution in [0.25, 0.3) is 0 Å². The SMILES string of the molecule is C[C@H]1C(=O)NCCN1C(=O)CCS(=O)(=O)c1ccccc1. The van der Waals surface area contributed by atoms with Crippen LogP contribution in [0.1, 0.15) is 13.3 Å². The highest BCUT2D eigenvalue weighted by molar-refractivity contribution is 7.91. The summed E-state index contributed by atoms with van der Waals surface area (Å²) in [5, 5.41) is 2.66. The Hall–Kier alpha value is -1.89. The third-order valence-corrected chi connectivity index (χ3v) is 5.24. The van der Waals surface area contributed by atoms with Crippen molar-refractivity contribution in [3.8, 4) is 0 Å². The fourth-order valence-corrected chi connectivity index (χ4v) is 3.48. The predicted octanol–water partition coefficient (Wildman–Crippen LogP) is 0.197. The van der Waals surface area contributed by atoms with Crippen molar-refractivity contribution in [2.75, 3.05) is 18.8 Å². The second-order valence-corrected chi connectivity index (χ2v) is 7.05. The number of hydrogen-bond donors (Lipinski definition) is 1. The standard InChI is InChI=1S/C14H18N2O4S/c1-11-14(18)15-8-9-16(11)13(17)7-10-21(19,20)12-5-3-2-4-6-12/h2-6,11H,7-10H2,1H3,(H,15,18)/t11-/m0/s1. The lowest BCUT2D eigenvalue weighted by Gasteiger charge is -2.32. The van der Waals surface area contributed by atoms with Gasteiger partial charge in [0, 0.05) is 19.5 Å². The van der Waals surface area contributed by atoms with Crippen LogP contribution in [0, 0.1) is 0 Å². The first-order chi connectivity index (χ1) is 9.92. The van der Waals surface area contributed by atoms with Crippen LogP contribution < -0.4 is 5.32 Å². The smallest absolute Gasteiger partial charge is 0.242 e. The summed E-state index contributed by atoms with van der Waals surface area (Å²) in [7, 11) is -3.47. The molecule has 1 fully saturated rings. The monoisotopic (exact) mass is 310 g/mol. The number of nitrogens with zero attached hydrogens (tertiary/aromatic N) is 1. The molecule has 0 radical (unpaired) electrons. The Bertz CT molecular complexity index is 628. The quantitative estimate of drug-likeness (QED) is 0.861. The third-order valence-electron chi connectivity index (χ3n) is 3.51. The van der Waals surface area contributed by atoms with Crippen LogP contribution in [0.3, 0.4) is 0 Å². The molecule has 21 heavy (non-hydrogen) atoms. The van der Waals surface area contributed by atoms with Crippen molar-refractivity contribution in [2.45, 2.75) is 24.3 Å². The van der Waals surface area contributed by atoms with Gasteiger partial charge in [-0.1, -0.05) is 18.2 Å². The number of benzene rings is 1. The summed E-state index contributed by atoms with van der Waals surface area (Å²) in [6.45, 7) is 2.45. The average Bonchev–Trinajstić information content (AvgIpc) is 2.49. The topological polar surface area (TPSA) is 83.6 Å². The minimum absolute atomic E-state index is 0.116. The van der Waals surface area contributed by atoms with Crippen LogP contribution in [-0.2, 0) is 19.4 Å². The highest BCUT2D eigenvalue weighted by atomic mass is 32.2. The van der Waals surface area contributed by atoms with Gasteiger partial charge in [0.2, 0.25) is 11.8 Å². The molecule has 0 bridgehead atoms. The highest BCUT2D eigenvalue weighted by Crippen LogP contribution is 2.13. The van der Waals surface area contributed by atoms with Gasteiger partial charge in [-0.25, -0.2) is 8.42 Å². The maximum absolute atomic E-state index is 12.1. The van der Waals surface area contributed by atoms with Crippen molar-refractivity contribution in [3.63, 3.8) is 0 Å². The van der Waals surface area contributed by atoms with Crippen LogP contribution in [0.2, 0.25) is 0 Å². The zero-order valence-electron chi connectivity index (χ0n) is 11.8. The first-order valence-electron chi connectivity index (χ1n) is 6.77. The number of amides is 2. The molecule has 0 spiro atoms. The molecule has 114 valence electrons. The molecular weight excluding hydrogens is 292 g/mol. The Morgan fingerprint density at radius 1 is 1.33 bits per heavy atom. The maximum Gasteiger partial charge on any atom is 0.242 e. The van der Waals surface area contributed by atoms with Gasteiger partial charge in [0.15, 0.2) is 9.84 Å². The Morgan fingerprint density at radius 2 is 2.00 bits per heavy atom. The van der Waals surface area contributed by atoms with Gasteiger partial charge in [-0.05, 0) is 19.1 Å². The zero-order valence-corrected chi connectivity index (χ0v) is 12.6. The Kier molecular flexibility index (Phi) is 4.62. The van der Waals surface area contributed by atoms with Crippen LogP contribution >= 0.6 is 0 Å². The fourth-order valence-electron chi connectivity index (χ4n) is 2.23. The van der Waals surface area contributed by atoms with Crippen molar-refractivity contribution in [3.05, 3.63) is 30.3 Å². The van der Waals surface area contributed by atoms with E-state index in [1.54, 1.807) is 25.1 Å². The van der Waals surface area contributed by atoms with Crippen LogP contribution in [0.5, 0.6) is 0 Å². The molecule has 2 rings (SSSR count). The summed E-state index contributed by atoms with van der Waals surface area (Å²) in [4.78, 5) is 25.3. The van der Waals surface area contributed by atoms with Crippen molar-refractivity contribution in [1.29, 1.82) is 0 Å². The molecule has 1 saturated heterocycles. The number of carbonyl (C=O) groups is 2. The molecule has 1 N–H and O–H groups in total. The van der Waals surface area contributed by atoms with Gasteiger partial charge in [0.25, 0.3) is 0 Å². The minimum Gasteiger partial charge on any atom is -0.353 e. The Labute approximate surface area is 124 Å². The molecule has 0 aliphatic carbocycles. The molecule has 0 saturated carbocycles. The van der Waals surface area contributed by atoms with Gasteiger partial charge >= 0.3 is 0 Å². The lowest BCUT2D eigenvalue weighted by molar-refractivity contribution is -0.142. The lowest BCUT2D eigenvalue weighted by Crippen LogP contribution is -2.56. The van der Waals surface area contributed by atoms with E-state index >= 15 is 0 Å². The van der Waals surface area contributed by atoms with E-state index < -0.39 is 15.9 Å². The van der Waals surface area contributed by atoms with Gasteiger partial charge in [-0.3, -0.25) is 9.59 Å². The number of hydrogen-bond acceptors (Lipinski definition) is 4. The molecule has 0 unspecified atom stereocenters. The van der Waals surface area contributed by atoms with Crippen molar-refractivity contribution < 1.29 is 18.0 Å². The van der Waals surface area contributed by atoms with Crippen LogP contribution in [0.15, 0.2) is 35.2 Å². The van der Waals surface area contributed by atoms with E-state index in [0.29, 0.717) is 13.1 Å². The summed E-state index contributed by atoms with van der Waals surface area (Å²) in [5.41, 5.74) is 0. The van der Waals surface area contributed by atoms with Gasteiger partial charge in [-0.15, -0.1) is 0 Å². The molecule has 1 heterocycles. The first-order valence-corrected chi connectivity index (χ1v) is 8.42. The fraction of sp³-hybridized carbons (Fsp3) is 0.429. The van der Waals surface area contributed by atoms with E-state index in [1.807, 2.05) is 0 Å². The van der Waals surface area contributed by atoms with E-state index in [0.717, 1.165) is 0 Å². The van der Waals surface area contributed by atoms with Gasteiger partial charge in [0.1, 0.15) is 6.04 Å². The number of nitrogens with one attached hydrogen (secondary N) is 1. The van der Waals surface area contributed by atoms with E-state index in [1.165, 1.54) is 17.0 Å².